The van der Waals surface area contributed by atoms with E-state index >= 15 is 4.39 Å². The smallest absolute Gasteiger partial charge is 0.239 e. The molecule has 0 bridgehead atoms. The van der Waals surface area contributed by atoms with E-state index in [2.05, 4.69) is 9.98 Å². The molecule has 1 amide bonds. The zero-order valence-corrected chi connectivity index (χ0v) is 20.3. The maximum atomic E-state index is 15.2. The molecule has 5 rings (SSSR count). The van der Waals surface area contributed by atoms with Gasteiger partial charge in [0.15, 0.2) is 5.17 Å². The zero-order valence-electron chi connectivity index (χ0n) is 19.5. The standard InChI is InChI=1S/C26H25F2N5OS/c1-15-22-25(2,32-24(30)35-26(15,22)23(34)33-9-3-4-10-33)18-11-16(5-7-19(18)27)12-20(28)21-8-6-17(13-29)14-31-21/h5-8,11-12,14-15,22H,3-4,9-10H2,1-2H3,(H2,30,32)/b20-12-/t15?,22?,25-,26+/m1/s1. The van der Waals surface area contributed by atoms with Crippen LogP contribution in [0.15, 0.2) is 41.5 Å². The summed E-state index contributed by atoms with van der Waals surface area (Å²) in [6, 6.07) is 9.19. The van der Waals surface area contributed by atoms with Gasteiger partial charge in [0.05, 0.1) is 16.8 Å². The van der Waals surface area contributed by atoms with Crippen LogP contribution in [0.1, 0.15) is 49.1 Å². The molecule has 4 atom stereocenters. The van der Waals surface area contributed by atoms with E-state index in [0.717, 1.165) is 25.9 Å². The quantitative estimate of drug-likeness (QED) is 0.678. The topological polar surface area (TPSA) is 95.4 Å². The van der Waals surface area contributed by atoms with E-state index in [0.29, 0.717) is 11.1 Å². The van der Waals surface area contributed by atoms with E-state index in [1.54, 1.807) is 6.07 Å². The Balaban J connectivity index is 1.51. The van der Waals surface area contributed by atoms with Crippen LogP contribution < -0.4 is 5.73 Å². The lowest BCUT2D eigenvalue weighted by molar-refractivity contribution is -0.131. The monoisotopic (exact) mass is 493 g/mol. The first-order valence-corrected chi connectivity index (χ1v) is 12.4. The Hall–Kier alpha value is -3.25. The van der Waals surface area contributed by atoms with Crippen LogP contribution in [0, 0.1) is 29.0 Å². The Morgan fingerprint density at radius 1 is 1.31 bits per heavy atom. The summed E-state index contributed by atoms with van der Waals surface area (Å²) in [6.07, 6.45) is 4.52. The summed E-state index contributed by atoms with van der Waals surface area (Å²) in [6.45, 7) is 5.26. The van der Waals surface area contributed by atoms with Crippen molar-refractivity contribution < 1.29 is 13.6 Å². The molecular weight excluding hydrogens is 468 g/mol. The number of aromatic nitrogens is 1. The molecule has 2 N–H and O–H groups in total. The number of halogens is 2. The zero-order chi connectivity index (χ0) is 25.0. The average molecular weight is 494 g/mol. The molecule has 1 aromatic carbocycles. The number of hydrogen-bond acceptors (Lipinski definition) is 6. The van der Waals surface area contributed by atoms with E-state index in [1.807, 2.05) is 24.8 Å². The van der Waals surface area contributed by atoms with Crippen LogP contribution >= 0.6 is 11.8 Å². The second kappa shape index (κ2) is 8.45. The molecule has 6 nitrogen and oxygen atoms in total. The summed E-state index contributed by atoms with van der Waals surface area (Å²) in [5.41, 5.74) is 6.28. The number of amidine groups is 1. The number of fused-ring (bicyclic) bond motifs is 1. The number of rotatable bonds is 4. The Kier molecular flexibility index (Phi) is 5.67. The Morgan fingerprint density at radius 2 is 2.06 bits per heavy atom. The maximum absolute atomic E-state index is 15.2. The number of hydrogen-bond donors (Lipinski definition) is 1. The number of likely N-dealkylation sites (tertiary alicyclic amines) is 1. The Labute approximate surface area is 206 Å². The van der Waals surface area contributed by atoms with Crippen LogP contribution in [0.25, 0.3) is 11.9 Å². The van der Waals surface area contributed by atoms with Crippen molar-refractivity contribution in [3.63, 3.8) is 0 Å². The predicted molar refractivity (Wildman–Crippen MR) is 132 cm³/mol. The molecule has 0 radical (unpaired) electrons. The number of thioether (sulfide) groups is 1. The van der Waals surface area contributed by atoms with Gasteiger partial charge in [-0.25, -0.2) is 8.78 Å². The number of nitriles is 1. The molecule has 2 aliphatic heterocycles. The molecule has 2 aromatic rings. The van der Waals surface area contributed by atoms with Gasteiger partial charge in [-0.05, 0) is 61.6 Å². The lowest BCUT2D eigenvalue weighted by Gasteiger charge is -2.35. The van der Waals surface area contributed by atoms with Crippen LogP contribution in [0.4, 0.5) is 8.78 Å². The fourth-order valence-electron chi connectivity index (χ4n) is 5.69. The number of carbonyl (C=O) groups is 1. The summed E-state index contributed by atoms with van der Waals surface area (Å²) in [4.78, 5) is 24.1. The summed E-state index contributed by atoms with van der Waals surface area (Å²) in [5, 5.41) is 9.16. The van der Waals surface area contributed by atoms with Crippen molar-refractivity contribution in [1.82, 2.24) is 9.88 Å². The van der Waals surface area contributed by atoms with E-state index in [9.17, 15) is 9.18 Å². The average Bonchev–Trinajstić information content (AvgIpc) is 3.19. The molecule has 35 heavy (non-hydrogen) atoms. The molecule has 3 aliphatic rings. The second-order valence-corrected chi connectivity index (χ2v) is 10.8. The minimum absolute atomic E-state index is 0.0476. The number of nitrogens with zero attached hydrogens (tertiary/aromatic N) is 4. The molecule has 9 heteroatoms. The summed E-state index contributed by atoms with van der Waals surface area (Å²) in [7, 11) is 0. The van der Waals surface area contributed by atoms with Crippen molar-refractivity contribution in [2.45, 2.75) is 37.0 Å². The van der Waals surface area contributed by atoms with Crippen molar-refractivity contribution in [1.29, 1.82) is 5.26 Å². The number of amides is 1. The molecule has 2 fully saturated rings. The SMILES string of the molecule is CC1C2[C@@]1(C(=O)N1CCCC1)SC(N)=N[C@]2(C)c1cc(/C=C(\F)c2ccc(C#N)cn2)ccc1F. The number of carbonyl (C=O) groups excluding carboxylic acids is 1. The maximum Gasteiger partial charge on any atom is 0.239 e. The number of nitrogens with two attached hydrogens (primary N) is 1. The molecule has 1 saturated heterocycles. The van der Waals surface area contributed by atoms with Crippen LogP contribution in [0.5, 0.6) is 0 Å². The van der Waals surface area contributed by atoms with Crippen molar-refractivity contribution in [3.05, 3.63) is 64.7 Å². The van der Waals surface area contributed by atoms with Gasteiger partial charge < -0.3 is 10.6 Å². The van der Waals surface area contributed by atoms with Crippen molar-refractivity contribution in [3.8, 4) is 6.07 Å². The molecule has 180 valence electrons. The number of benzene rings is 1. The minimum atomic E-state index is -1.07. The van der Waals surface area contributed by atoms with Gasteiger partial charge in [0.25, 0.3) is 0 Å². The van der Waals surface area contributed by atoms with Gasteiger partial charge in [0.2, 0.25) is 5.91 Å². The van der Waals surface area contributed by atoms with Gasteiger partial charge in [0.1, 0.15) is 22.5 Å². The van der Waals surface area contributed by atoms with Crippen LogP contribution in [-0.2, 0) is 10.3 Å². The predicted octanol–water partition coefficient (Wildman–Crippen LogP) is 4.46. The van der Waals surface area contributed by atoms with Gasteiger partial charge in [0, 0.05) is 30.8 Å². The van der Waals surface area contributed by atoms with Crippen LogP contribution in [0.2, 0.25) is 0 Å². The first kappa shape index (κ1) is 23.5. The highest BCUT2D eigenvalue weighted by molar-refractivity contribution is 8.15. The third kappa shape index (κ3) is 3.71. The second-order valence-electron chi connectivity index (χ2n) is 9.53. The number of pyridine rings is 1. The fourth-order valence-corrected chi connectivity index (χ4v) is 7.31. The van der Waals surface area contributed by atoms with E-state index in [-0.39, 0.29) is 34.2 Å². The minimum Gasteiger partial charge on any atom is -0.378 e. The third-order valence-electron chi connectivity index (χ3n) is 7.44. The first-order chi connectivity index (χ1) is 16.7. The van der Waals surface area contributed by atoms with Crippen molar-refractivity contribution >= 4 is 34.7 Å². The molecule has 1 saturated carbocycles. The molecule has 1 aliphatic carbocycles. The van der Waals surface area contributed by atoms with Gasteiger partial charge in [-0.1, -0.05) is 24.8 Å². The third-order valence-corrected chi connectivity index (χ3v) is 8.88. The van der Waals surface area contributed by atoms with E-state index in [1.165, 1.54) is 48.3 Å². The largest absolute Gasteiger partial charge is 0.378 e. The van der Waals surface area contributed by atoms with Gasteiger partial charge in [-0.15, -0.1) is 0 Å². The summed E-state index contributed by atoms with van der Waals surface area (Å²) < 4.78 is 29.4. The van der Waals surface area contributed by atoms with Crippen molar-refractivity contribution in [2.75, 3.05) is 13.1 Å². The first-order valence-electron chi connectivity index (χ1n) is 11.6. The van der Waals surface area contributed by atoms with Crippen LogP contribution in [-0.4, -0.2) is 38.8 Å². The van der Waals surface area contributed by atoms with Crippen LogP contribution in [0.3, 0.4) is 0 Å². The molecule has 0 spiro atoms. The highest BCUT2D eigenvalue weighted by atomic mass is 32.2. The fraction of sp³-hybridized carbons (Fsp3) is 0.385. The number of aliphatic imine (C=N–C) groups is 1. The van der Waals surface area contributed by atoms with Gasteiger partial charge in [-0.2, -0.15) is 5.26 Å². The highest BCUT2D eigenvalue weighted by Crippen LogP contribution is 2.70. The van der Waals surface area contributed by atoms with E-state index < -0.39 is 21.9 Å². The molecule has 3 heterocycles. The van der Waals surface area contributed by atoms with Gasteiger partial charge >= 0.3 is 0 Å². The summed E-state index contributed by atoms with van der Waals surface area (Å²) in [5.74, 6) is -1.33. The molecule has 1 aromatic heterocycles. The molecular formula is C26H25F2N5OS. The Bertz CT molecular complexity index is 1300. The summed E-state index contributed by atoms with van der Waals surface area (Å²) >= 11 is 1.29. The lowest BCUT2D eigenvalue weighted by Crippen LogP contribution is -2.45. The van der Waals surface area contributed by atoms with Crippen molar-refractivity contribution in [2.24, 2.45) is 22.6 Å². The lowest BCUT2D eigenvalue weighted by atomic mass is 9.84. The molecule has 2 unspecified atom stereocenters. The van der Waals surface area contributed by atoms with Gasteiger partial charge in [-0.3, -0.25) is 14.8 Å². The highest BCUT2D eigenvalue weighted by Gasteiger charge is 2.76. The normalized spacial score (nSPS) is 29.9. The van der Waals surface area contributed by atoms with E-state index in [4.69, 9.17) is 11.0 Å². The Morgan fingerprint density at radius 3 is 2.71 bits per heavy atom.